The van der Waals surface area contributed by atoms with Crippen LogP contribution in [0.5, 0.6) is 0 Å². The van der Waals surface area contributed by atoms with Crippen molar-refractivity contribution in [3.05, 3.63) is 64.1 Å². The molecule has 0 aromatic heterocycles. The van der Waals surface area contributed by atoms with E-state index in [1.165, 1.54) is 0 Å². The number of aliphatic carboxylic acids is 1. The molecule has 1 atom stereocenters. The number of benzene rings is 2. The molecule has 5 heteroatoms. The smallest absolute Gasteiger partial charge is 0.333 e. The van der Waals surface area contributed by atoms with Crippen molar-refractivity contribution in [1.29, 1.82) is 0 Å². The fourth-order valence-electron chi connectivity index (χ4n) is 1.88. The summed E-state index contributed by atoms with van der Waals surface area (Å²) in [6.45, 7) is 1.57. The Balaban J connectivity index is 2.46. The van der Waals surface area contributed by atoms with Crippen LogP contribution in [0.2, 0.25) is 10.0 Å². The van der Waals surface area contributed by atoms with Crippen LogP contribution < -0.4 is 5.32 Å². The van der Waals surface area contributed by atoms with E-state index in [0.29, 0.717) is 21.3 Å². The maximum atomic E-state index is 11.7. The van der Waals surface area contributed by atoms with Crippen LogP contribution in [-0.2, 0) is 10.3 Å². The second-order valence-electron chi connectivity index (χ2n) is 4.55. The Morgan fingerprint density at radius 2 is 1.85 bits per heavy atom. The van der Waals surface area contributed by atoms with Crippen LogP contribution in [0.4, 0.5) is 5.69 Å². The molecule has 2 N–H and O–H groups in total. The van der Waals surface area contributed by atoms with E-state index in [1.807, 2.05) is 0 Å². The molecule has 0 aliphatic carbocycles. The molecule has 0 saturated carbocycles. The number of nitrogens with one attached hydrogen (secondary N) is 1. The minimum atomic E-state index is -1.32. The average molecular weight is 310 g/mol. The van der Waals surface area contributed by atoms with Crippen molar-refractivity contribution in [3.63, 3.8) is 0 Å². The maximum absolute atomic E-state index is 11.7. The fraction of sp³-hybridized carbons (Fsp3) is 0.133. The summed E-state index contributed by atoms with van der Waals surface area (Å²) in [7, 11) is 0. The lowest BCUT2D eigenvalue weighted by Gasteiger charge is -2.28. The van der Waals surface area contributed by atoms with Crippen LogP contribution >= 0.6 is 23.2 Å². The highest BCUT2D eigenvalue weighted by Gasteiger charge is 2.35. The second kappa shape index (κ2) is 5.73. The van der Waals surface area contributed by atoms with Gasteiger partial charge in [0.05, 0.1) is 10.7 Å². The van der Waals surface area contributed by atoms with Gasteiger partial charge in [-0.25, -0.2) is 4.79 Å². The van der Waals surface area contributed by atoms with Gasteiger partial charge in [0.1, 0.15) is 0 Å². The summed E-state index contributed by atoms with van der Waals surface area (Å²) in [6.07, 6.45) is 0. The zero-order valence-electron chi connectivity index (χ0n) is 10.7. The van der Waals surface area contributed by atoms with Gasteiger partial charge in [0.2, 0.25) is 0 Å². The van der Waals surface area contributed by atoms with Crippen molar-refractivity contribution >= 4 is 34.9 Å². The zero-order valence-corrected chi connectivity index (χ0v) is 12.2. The second-order valence-corrected chi connectivity index (χ2v) is 5.39. The normalized spacial score (nSPS) is 13.6. The van der Waals surface area contributed by atoms with E-state index in [4.69, 9.17) is 23.2 Å². The summed E-state index contributed by atoms with van der Waals surface area (Å²) in [5.74, 6) is -1.01. The van der Waals surface area contributed by atoms with Crippen molar-refractivity contribution in [2.75, 3.05) is 5.32 Å². The summed E-state index contributed by atoms with van der Waals surface area (Å²) in [5.41, 5.74) is -0.216. The Labute approximate surface area is 127 Å². The third-order valence-corrected chi connectivity index (χ3v) is 3.65. The van der Waals surface area contributed by atoms with Gasteiger partial charge in [-0.05, 0) is 36.8 Å². The average Bonchev–Trinajstić information content (AvgIpc) is 2.41. The lowest BCUT2D eigenvalue weighted by atomic mass is 9.91. The first kappa shape index (κ1) is 14.7. The van der Waals surface area contributed by atoms with E-state index in [0.717, 1.165) is 0 Å². The van der Waals surface area contributed by atoms with Gasteiger partial charge < -0.3 is 10.4 Å². The lowest BCUT2D eigenvalue weighted by molar-refractivity contribution is -0.142. The van der Waals surface area contributed by atoms with Crippen LogP contribution in [0, 0.1) is 0 Å². The first-order valence-electron chi connectivity index (χ1n) is 5.95. The molecule has 2 aromatic carbocycles. The minimum absolute atomic E-state index is 0.460. The van der Waals surface area contributed by atoms with Crippen molar-refractivity contribution in [2.24, 2.45) is 0 Å². The van der Waals surface area contributed by atoms with Crippen LogP contribution in [0.25, 0.3) is 0 Å². The Bertz CT molecular complexity index is 645. The molecule has 3 nitrogen and oxygen atoms in total. The van der Waals surface area contributed by atoms with Gasteiger partial charge in [-0.3, -0.25) is 0 Å². The number of hydrogen-bond donors (Lipinski definition) is 2. The van der Waals surface area contributed by atoms with Gasteiger partial charge in [0.15, 0.2) is 5.54 Å². The molecule has 20 heavy (non-hydrogen) atoms. The number of anilines is 1. The van der Waals surface area contributed by atoms with Gasteiger partial charge in [0, 0.05) is 5.02 Å². The number of carboxylic acid groups (broad SMARTS) is 1. The van der Waals surface area contributed by atoms with Gasteiger partial charge in [-0.15, -0.1) is 0 Å². The van der Waals surface area contributed by atoms with Crippen molar-refractivity contribution in [1.82, 2.24) is 0 Å². The van der Waals surface area contributed by atoms with E-state index >= 15 is 0 Å². The van der Waals surface area contributed by atoms with E-state index in [1.54, 1.807) is 55.5 Å². The molecular formula is C15H13Cl2NO2. The van der Waals surface area contributed by atoms with Gasteiger partial charge in [-0.2, -0.15) is 0 Å². The molecule has 0 saturated heterocycles. The molecule has 0 amide bonds. The highest BCUT2D eigenvalue weighted by atomic mass is 35.5. The number of carbonyl (C=O) groups is 1. The fourth-order valence-corrected chi connectivity index (χ4v) is 2.25. The molecule has 0 radical (unpaired) electrons. The van der Waals surface area contributed by atoms with E-state index in [-0.39, 0.29) is 0 Å². The predicted octanol–water partition coefficient (Wildman–Crippen LogP) is 4.41. The SMILES string of the molecule is CC(Nc1ccccc1Cl)(C(=O)O)c1cccc(Cl)c1. The number of rotatable bonds is 4. The Hall–Kier alpha value is -1.71. The summed E-state index contributed by atoms with van der Waals surface area (Å²) < 4.78 is 0. The van der Waals surface area contributed by atoms with E-state index < -0.39 is 11.5 Å². The molecular weight excluding hydrogens is 297 g/mol. The summed E-state index contributed by atoms with van der Waals surface area (Å²) in [5, 5.41) is 13.5. The van der Waals surface area contributed by atoms with E-state index in [9.17, 15) is 9.90 Å². The van der Waals surface area contributed by atoms with Crippen molar-refractivity contribution < 1.29 is 9.90 Å². The minimum Gasteiger partial charge on any atom is -0.479 e. The third-order valence-electron chi connectivity index (χ3n) is 3.09. The number of carboxylic acids is 1. The number of para-hydroxylation sites is 1. The zero-order chi connectivity index (χ0) is 14.8. The standard InChI is InChI=1S/C15H13Cl2NO2/c1-15(14(19)20,10-5-4-6-11(16)9-10)18-13-8-3-2-7-12(13)17/h2-9,18H,1H3,(H,19,20). The van der Waals surface area contributed by atoms with Gasteiger partial charge in [-0.1, -0.05) is 47.5 Å². The van der Waals surface area contributed by atoms with Crippen molar-refractivity contribution in [2.45, 2.75) is 12.5 Å². The molecule has 0 aliphatic heterocycles. The molecule has 0 fully saturated rings. The van der Waals surface area contributed by atoms with Gasteiger partial charge >= 0.3 is 5.97 Å². The Kier molecular flexibility index (Phi) is 4.21. The van der Waals surface area contributed by atoms with E-state index in [2.05, 4.69) is 5.32 Å². The molecule has 0 aliphatic rings. The molecule has 1 unspecified atom stereocenters. The highest BCUT2D eigenvalue weighted by Crippen LogP contribution is 2.31. The van der Waals surface area contributed by atoms with Crippen LogP contribution in [-0.4, -0.2) is 11.1 Å². The van der Waals surface area contributed by atoms with Crippen LogP contribution in [0.1, 0.15) is 12.5 Å². The van der Waals surface area contributed by atoms with Gasteiger partial charge in [0.25, 0.3) is 0 Å². The highest BCUT2D eigenvalue weighted by molar-refractivity contribution is 6.33. The maximum Gasteiger partial charge on any atom is 0.333 e. The molecule has 0 bridgehead atoms. The molecule has 104 valence electrons. The Morgan fingerprint density at radius 3 is 2.45 bits per heavy atom. The molecule has 0 spiro atoms. The topological polar surface area (TPSA) is 49.3 Å². The first-order chi connectivity index (χ1) is 9.43. The Morgan fingerprint density at radius 1 is 1.15 bits per heavy atom. The predicted molar refractivity (Wildman–Crippen MR) is 81.5 cm³/mol. The molecule has 0 heterocycles. The molecule has 2 aromatic rings. The third kappa shape index (κ3) is 2.89. The van der Waals surface area contributed by atoms with Crippen LogP contribution in [0.3, 0.4) is 0 Å². The number of halogens is 2. The van der Waals surface area contributed by atoms with Crippen molar-refractivity contribution in [3.8, 4) is 0 Å². The lowest BCUT2D eigenvalue weighted by Crippen LogP contribution is -2.40. The first-order valence-corrected chi connectivity index (χ1v) is 6.71. The summed E-state index contributed by atoms with van der Waals surface area (Å²) >= 11 is 12.0. The summed E-state index contributed by atoms with van der Waals surface area (Å²) in [4.78, 5) is 11.7. The summed E-state index contributed by atoms with van der Waals surface area (Å²) in [6, 6.07) is 13.7. The van der Waals surface area contributed by atoms with Crippen LogP contribution in [0.15, 0.2) is 48.5 Å². The quantitative estimate of drug-likeness (QED) is 0.879. The number of hydrogen-bond acceptors (Lipinski definition) is 2. The molecule has 2 rings (SSSR count). The largest absolute Gasteiger partial charge is 0.479 e. The monoisotopic (exact) mass is 309 g/mol.